The number of carbonyl (C=O) groups excluding carboxylic acids is 2. The number of ether oxygens (including phenoxy) is 3. The van der Waals surface area contributed by atoms with Gasteiger partial charge >= 0.3 is 6.09 Å². The van der Waals surface area contributed by atoms with Gasteiger partial charge in [0, 0.05) is 44.3 Å². The Morgan fingerprint density at radius 1 is 1.06 bits per heavy atom. The lowest BCUT2D eigenvalue weighted by Gasteiger charge is -2.48. The highest BCUT2D eigenvalue weighted by molar-refractivity contribution is 5.97. The van der Waals surface area contributed by atoms with Crippen molar-refractivity contribution >= 4 is 17.7 Å². The van der Waals surface area contributed by atoms with Crippen molar-refractivity contribution in [3.8, 4) is 5.88 Å². The van der Waals surface area contributed by atoms with E-state index in [1.165, 1.54) is 25.0 Å². The van der Waals surface area contributed by atoms with Gasteiger partial charge in [-0.2, -0.15) is 0 Å². The van der Waals surface area contributed by atoms with E-state index in [0.29, 0.717) is 61.9 Å². The van der Waals surface area contributed by atoms with Crippen LogP contribution < -0.4 is 9.64 Å². The molecule has 0 spiro atoms. The maximum absolute atomic E-state index is 14.4. The van der Waals surface area contributed by atoms with Crippen LogP contribution in [0.4, 0.5) is 14.9 Å². The number of morpholine rings is 1. The van der Waals surface area contributed by atoms with Gasteiger partial charge in [0.15, 0.2) is 0 Å². The molecule has 3 aliphatic heterocycles. The van der Waals surface area contributed by atoms with E-state index in [4.69, 9.17) is 14.2 Å². The van der Waals surface area contributed by atoms with Gasteiger partial charge in [-0.25, -0.2) is 14.2 Å². The number of carbonyl (C=O) groups is 2. The number of aliphatic hydroxyl groups is 1. The molecule has 6 rings (SSSR count). The van der Waals surface area contributed by atoms with E-state index in [1.54, 1.807) is 17.0 Å². The lowest BCUT2D eigenvalue weighted by atomic mass is 10.0. The molecule has 1 saturated carbocycles. The Morgan fingerprint density at radius 3 is 2.50 bits per heavy atom. The molecule has 1 aromatic carbocycles. The van der Waals surface area contributed by atoms with Gasteiger partial charge < -0.3 is 29.1 Å². The Labute approximate surface area is 282 Å². The number of nitrogens with zero attached hydrogens (tertiary/aromatic N) is 5. The summed E-state index contributed by atoms with van der Waals surface area (Å²) in [6, 6.07) is 7.96. The average Bonchev–Trinajstić information content (AvgIpc) is 3.88. The number of fused-ring (bicyclic) bond motifs is 1. The molecular formula is C36H50FN5O6. The minimum absolute atomic E-state index is 0.0815. The molecule has 1 aromatic heterocycles. The van der Waals surface area contributed by atoms with Crippen LogP contribution in [0.5, 0.6) is 5.88 Å². The molecule has 2 aromatic rings. The van der Waals surface area contributed by atoms with Crippen LogP contribution in [-0.4, -0.2) is 119 Å². The predicted octanol–water partition coefficient (Wildman–Crippen LogP) is 3.84. The molecule has 12 heteroatoms. The molecule has 1 aliphatic carbocycles. The summed E-state index contributed by atoms with van der Waals surface area (Å²) < 4.78 is 31.2. The monoisotopic (exact) mass is 667 g/mol. The third kappa shape index (κ3) is 7.93. The lowest BCUT2D eigenvalue weighted by molar-refractivity contribution is -0.122. The van der Waals surface area contributed by atoms with E-state index >= 15 is 0 Å². The number of benzene rings is 1. The quantitative estimate of drug-likeness (QED) is 0.450. The highest BCUT2D eigenvalue weighted by Crippen LogP contribution is 2.38. The van der Waals surface area contributed by atoms with Gasteiger partial charge in [0.05, 0.1) is 38.1 Å². The zero-order chi connectivity index (χ0) is 34.2. The Morgan fingerprint density at radius 2 is 1.81 bits per heavy atom. The molecule has 1 N–H and O–H groups in total. The number of aliphatic hydroxyl groups excluding tert-OH is 1. The minimum Gasteiger partial charge on any atom is -0.474 e. The Kier molecular flexibility index (Phi) is 10.3. The number of hydrogen-bond donors (Lipinski definition) is 1. The smallest absolute Gasteiger partial charge is 0.410 e. The van der Waals surface area contributed by atoms with Crippen molar-refractivity contribution < 1.29 is 33.3 Å². The molecule has 4 heterocycles. The second-order valence-corrected chi connectivity index (χ2v) is 14.8. The Bertz CT molecular complexity index is 1460. The van der Waals surface area contributed by atoms with E-state index in [9.17, 15) is 19.1 Å². The number of pyridine rings is 1. The summed E-state index contributed by atoms with van der Waals surface area (Å²) in [6.45, 7) is 13.7. The summed E-state index contributed by atoms with van der Waals surface area (Å²) in [5, 5.41) is 10.1. The van der Waals surface area contributed by atoms with Crippen molar-refractivity contribution in [2.45, 2.75) is 90.3 Å². The summed E-state index contributed by atoms with van der Waals surface area (Å²) in [7, 11) is 0. The van der Waals surface area contributed by atoms with Crippen LogP contribution in [0.3, 0.4) is 0 Å². The van der Waals surface area contributed by atoms with Crippen LogP contribution in [0.25, 0.3) is 0 Å². The van der Waals surface area contributed by atoms with Crippen molar-refractivity contribution in [2.75, 3.05) is 57.4 Å². The fraction of sp³-hybridized carbons (Fsp3) is 0.639. The van der Waals surface area contributed by atoms with Crippen molar-refractivity contribution in [1.82, 2.24) is 19.7 Å². The van der Waals surface area contributed by atoms with Crippen LogP contribution in [0.1, 0.15) is 64.3 Å². The van der Waals surface area contributed by atoms with E-state index in [2.05, 4.69) is 14.8 Å². The molecule has 4 aliphatic rings. The van der Waals surface area contributed by atoms with Crippen LogP contribution in [0.15, 0.2) is 30.3 Å². The third-order valence-electron chi connectivity index (χ3n) is 9.84. The zero-order valence-corrected chi connectivity index (χ0v) is 28.9. The van der Waals surface area contributed by atoms with Crippen LogP contribution in [0.2, 0.25) is 0 Å². The molecule has 1 unspecified atom stereocenters. The molecule has 3 fully saturated rings. The molecule has 2 amide bonds. The number of rotatable bonds is 8. The first-order valence-corrected chi connectivity index (χ1v) is 17.3. The van der Waals surface area contributed by atoms with E-state index in [1.807, 2.05) is 45.6 Å². The van der Waals surface area contributed by atoms with E-state index in [-0.39, 0.29) is 55.7 Å². The number of piperazine rings is 1. The summed E-state index contributed by atoms with van der Waals surface area (Å²) in [5.41, 5.74) is 2.02. The summed E-state index contributed by atoms with van der Waals surface area (Å²) >= 11 is 0. The maximum Gasteiger partial charge on any atom is 0.410 e. The first-order valence-electron chi connectivity index (χ1n) is 17.3. The van der Waals surface area contributed by atoms with Gasteiger partial charge in [0.25, 0.3) is 0 Å². The fourth-order valence-corrected chi connectivity index (χ4v) is 7.22. The second-order valence-electron chi connectivity index (χ2n) is 14.8. The number of amides is 2. The lowest BCUT2D eigenvalue weighted by Crippen LogP contribution is -2.65. The SMILES string of the molecule is C[C@@H]1CN(CC(=O)N2c3cc(Cc4ccc(F)cc4)c(CO)nc3OC[C@@H]2C)[C@@H](CN2CCOCC2C2CC2)CN1C(=O)OC(C)(C)C. The van der Waals surface area contributed by atoms with Crippen molar-refractivity contribution in [3.05, 3.63) is 53.0 Å². The molecule has 48 heavy (non-hydrogen) atoms. The van der Waals surface area contributed by atoms with Gasteiger partial charge in [-0.1, -0.05) is 12.1 Å². The molecular weight excluding hydrogens is 617 g/mol. The normalized spacial score (nSPS) is 25.4. The first-order chi connectivity index (χ1) is 22.9. The third-order valence-corrected chi connectivity index (χ3v) is 9.84. The molecule has 4 atom stereocenters. The zero-order valence-electron chi connectivity index (χ0n) is 28.9. The standard InChI is InChI=1S/C36H50FN5O6/c1-23-16-40(29(18-41(23)35(45)48-36(3,4)5)17-39-12-13-46-22-32(39)26-8-9-26)19-33(44)42-24(2)21-47-34-31(42)15-27(30(20-43)38-34)14-25-6-10-28(37)11-7-25/h6-7,10-11,15,23-24,26,29,32,43H,8-9,12-14,16-22H2,1-5H3/t23-,24+,29+,32?/m1/s1. The first kappa shape index (κ1) is 34.5. The molecule has 0 bridgehead atoms. The van der Waals surface area contributed by atoms with Crippen LogP contribution in [-0.2, 0) is 27.3 Å². The number of hydrogen-bond acceptors (Lipinski definition) is 9. The molecule has 262 valence electrons. The number of aromatic nitrogens is 1. The molecule has 11 nitrogen and oxygen atoms in total. The summed E-state index contributed by atoms with van der Waals surface area (Å²) in [6.07, 6.45) is 2.51. The molecule has 2 saturated heterocycles. The fourth-order valence-electron chi connectivity index (χ4n) is 7.22. The van der Waals surface area contributed by atoms with Gasteiger partial charge in [0.1, 0.15) is 23.7 Å². The maximum atomic E-state index is 14.4. The van der Waals surface area contributed by atoms with Crippen LogP contribution in [0, 0.1) is 11.7 Å². The van der Waals surface area contributed by atoms with Crippen molar-refractivity contribution in [3.63, 3.8) is 0 Å². The van der Waals surface area contributed by atoms with Crippen LogP contribution >= 0.6 is 0 Å². The minimum atomic E-state index is -0.611. The van der Waals surface area contributed by atoms with Gasteiger partial charge in [-0.05, 0) is 89.1 Å². The Balaban J connectivity index is 1.25. The van der Waals surface area contributed by atoms with Gasteiger partial charge in [-0.15, -0.1) is 0 Å². The topological polar surface area (TPSA) is 108 Å². The van der Waals surface area contributed by atoms with Gasteiger partial charge in [0.2, 0.25) is 11.8 Å². The van der Waals surface area contributed by atoms with E-state index in [0.717, 1.165) is 24.2 Å². The van der Waals surface area contributed by atoms with Gasteiger partial charge in [-0.3, -0.25) is 14.6 Å². The molecule has 0 radical (unpaired) electrons. The average molecular weight is 668 g/mol. The van der Waals surface area contributed by atoms with Crippen molar-refractivity contribution in [1.29, 1.82) is 0 Å². The summed E-state index contributed by atoms with van der Waals surface area (Å²) in [5.74, 6) is 0.548. The number of halogens is 1. The highest BCUT2D eigenvalue weighted by atomic mass is 19.1. The second kappa shape index (κ2) is 14.3. The van der Waals surface area contributed by atoms with Crippen molar-refractivity contribution in [2.24, 2.45) is 5.92 Å². The largest absolute Gasteiger partial charge is 0.474 e. The summed E-state index contributed by atoms with van der Waals surface area (Å²) in [4.78, 5) is 40.7. The van der Waals surface area contributed by atoms with E-state index < -0.39 is 5.60 Å². The highest BCUT2D eigenvalue weighted by Gasteiger charge is 2.43. The number of anilines is 1. The predicted molar refractivity (Wildman–Crippen MR) is 178 cm³/mol. The Hall–Kier alpha value is -3.32.